The van der Waals surface area contributed by atoms with Crippen molar-refractivity contribution in [1.82, 2.24) is 5.32 Å². The fourth-order valence-electron chi connectivity index (χ4n) is 1.95. The second kappa shape index (κ2) is 4.45. The summed E-state index contributed by atoms with van der Waals surface area (Å²) in [5, 5.41) is 5.62. The first-order valence-corrected chi connectivity index (χ1v) is 5.81. The van der Waals surface area contributed by atoms with Gasteiger partial charge in [0.05, 0.1) is 6.54 Å². The summed E-state index contributed by atoms with van der Waals surface area (Å²) in [7, 11) is 0. The van der Waals surface area contributed by atoms with Crippen LogP contribution in [0.25, 0.3) is 10.8 Å². The van der Waals surface area contributed by atoms with Gasteiger partial charge in [-0.05, 0) is 22.9 Å². The molecule has 0 saturated carbocycles. The first kappa shape index (κ1) is 10.1. The minimum absolute atomic E-state index is 0.526. The molecule has 86 valence electrons. The Morgan fingerprint density at radius 2 is 2.00 bits per heavy atom. The van der Waals surface area contributed by atoms with Crippen molar-refractivity contribution in [2.45, 2.75) is 0 Å². The Labute approximate surface area is 100 Å². The maximum atomic E-state index is 5.70. The number of benzene rings is 2. The van der Waals surface area contributed by atoms with Crippen LogP contribution in [0.1, 0.15) is 0 Å². The average Bonchev–Trinajstić information content (AvgIpc) is 2.89. The van der Waals surface area contributed by atoms with Crippen molar-refractivity contribution < 1.29 is 4.74 Å². The molecule has 0 aliphatic carbocycles. The first-order chi connectivity index (χ1) is 8.42. The van der Waals surface area contributed by atoms with E-state index in [2.05, 4.69) is 34.6 Å². The highest BCUT2D eigenvalue weighted by Crippen LogP contribution is 2.20. The van der Waals surface area contributed by atoms with E-state index in [4.69, 9.17) is 4.74 Å². The molecule has 0 saturated heterocycles. The van der Waals surface area contributed by atoms with Gasteiger partial charge in [-0.1, -0.05) is 30.3 Å². The molecule has 0 atom stereocenters. The zero-order chi connectivity index (χ0) is 11.5. The van der Waals surface area contributed by atoms with Crippen molar-refractivity contribution in [3.8, 4) is 5.75 Å². The lowest BCUT2D eigenvalue weighted by Crippen LogP contribution is -2.24. The van der Waals surface area contributed by atoms with E-state index in [1.54, 1.807) is 0 Å². The van der Waals surface area contributed by atoms with Gasteiger partial charge in [-0.3, -0.25) is 4.99 Å². The molecule has 0 spiro atoms. The van der Waals surface area contributed by atoms with E-state index in [0.29, 0.717) is 6.61 Å². The van der Waals surface area contributed by atoms with Crippen LogP contribution in [0.15, 0.2) is 47.5 Å². The van der Waals surface area contributed by atoms with Crippen LogP contribution < -0.4 is 10.1 Å². The van der Waals surface area contributed by atoms with Gasteiger partial charge in [0.15, 0.2) is 0 Å². The number of fused-ring (bicyclic) bond motifs is 1. The molecular weight excluding hydrogens is 212 g/mol. The van der Waals surface area contributed by atoms with Crippen molar-refractivity contribution in [3.05, 3.63) is 42.5 Å². The van der Waals surface area contributed by atoms with Gasteiger partial charge in [0.1, 0.15) is 18.2 Å². The summed E-state index contributed by atoms with van der Waals surface area (Å²) < 4.78 is 5.70. The van der Waals surface area contributed by atoms with Crippen molar-refractivity contribution in [2.75, 3.05) is 19.7 Å². The number of nitrogens with one attached hydrogen (secondary N) is 1. The van der Waals surface area contributed by atoms with Crippen LogP contribution in [0.3, 0.4) is 0 Å². The smallest absolute Gasteiger partial charge is 0.145 e. The molecule has 1 aliphatic rings. The molecule has 3 heteroatoms. The van der Waals surface area contributed by atoms with Crippen LogP contribution in [0.5, 0.6) is 5.75 Å². The maximum absolute atomic E-state index is 5.70. The van der Waals surface area contributed by atoms with Crippen molar-refractivity contribution in [3.63, 3.8) is 0 Å². The van der Waals surface area contributed by atoms with E-state index >= 15 is 0 Å². The Kier molecular flexibility index (Phi) is 2.66. The molecule has 0 unspecified atom stereocenters. The second-order valence-corrected chi connectivity index (χ2v) is 4.05. The minimum Gasteiger partial charge on any atom is -0.486 e. The number of nitrogens with zero attached hydrogens (tertiary/aromatic N) is 1. The van der Waals surface area contributed by atoms with Crippen molar-refractivity contribution >= 4 is 16.6 Å². The molecule has 0 bridgehead atoms. The van der Waals surface area contributed by atoms with Crippen LogP contribution >= 0.6 is 0 Å². The Morgan fingerprint density at radius 3 is 2.82 bits per heavy atom. The summed E-state index contributed by atoms with van der Waals surface area (Å²) in [6, 6.07) is 14.4. The number of ether oxygens (including phenoxy) is 1. The normalized spacial score (nSPS) is 14.5. The van der Waals surface area contributed by atoms with Gasteiger partial charge in [-0.2, -0.15) is 0 Å². The van der Waals surface area contributed by atoms with E-state index in [9.17, 15) is 0 Å². The standard InChI is InChI=1S/C14H14N2O/c1-2-4-12-9-13(6-5-11(12)3-1)17-10-14-15-7-8-16-14/h1-6,9H,7-8,10H2,(H,15,16). The Bertz CT molecular complexity index is 563. The van der Waals surface area contributed by atoms with Gasteiger partial charge in [0, 0.05) is 6.54 Å². The van der Waals surface area contributed by atoms with Crippen LogP contribution in [-0.2, 0) is 0 Å². The average molecular weight is 226 g/mol. The van der Waals surface area contributed by atoms with Crippen LogP contribution in [-0.4, -0.2) is 25.5 Å². The molecule has 3 nitrogen and oxygen atoms in total. The highest BCUT2D eigenvalue weighted by atomic mass is 16.5. The summed E-state index contributed by atoms with van der Waals surface area (Å²) in [4.78, 5) is 4.29. The van der Waals surface area contributed by atoms with E-state index in [0.717, 1.165) is 24.7 Å². The molecule has 0 fully saturated rings. The Morgan fingerprint density at radius 1 is 1.12 bits per heavy atom. The number of hydrogen-bond donors (Lipinski definition) is 1. The molecule has 0 amide bonds. The molecule has 1 aliphatic heterocycles. The van der Waals surface area contributed by atoms with E-state index < -0.39 is 0 Å². The van der Waals surface area contributed by atoms with Crippen LogP contribution in [0.4, 0.5) is 0 Å². The van der Waals surface area contributed by atoms with E-state index in [-0.39, 0.29) is 0 Å². The number of amidine groups is 1. The second-order valence-electron chi connectivity index (χ2n) is 4.05. The zero-order valence-electron chi connectivity index (χ0n) is 9.52. The molecule has 0 radical (unpaired) electrons. The highest BCUT2D eigenvalue weighted by Gasteiger charge is 2.05. The molecule has 3 rings (SSSR count). The van der Waals surface area contributed by atoms with Gasteiger partial charge < -0.3 is 10.1 Å². The van der Waals surface area contributed by atoms with Crippen molar-refractivity contribution in [1.29, 1.82) is 0 Å². The summed E-state index contributed by atoms with van der Waals surface area (Å²) in [5.41, 5.74) is 0. The molecule has 0 aromatic heterocycles. The maximum Gasteiger partial charge on any atom is 0.145 e. The summed E-state index contributed by atoms with van der Waals surface area (Å²) in [5.74, 6) is 1.83. The van der Waals surface area contributed by atoms with E-state index in [1.807, 2.05) is 18.2 Å². The third-order valence-electron chi connectivity index (χ3n) is 2.84. The molecule has 2 aromatic rings. The third-order valence-corrected chi connectivity index (χ3v) is 2.84. The lowest BCUT2D eigenvalue weighted by Gasteiger charge is -2.07. The van der Waals surface area contributed by atoms with Gasteiger partial charge in [0.2, 0.25) is 0 Å². The molecule has 2 aromatic carbocycles. The van der Waals surface area contributed by atoms with Crippen LogP contribution in [0, 0.1) is 0 Å². The number of aliphatic imine (C=N–C) groups is 1. The van der Waals surface area contributed by atoms with Gasteiger partial charge in [-0.15, -0.1) is 0 Å². The number of hydrogen-bond acceptors (Lipinski definition) is 3. The summed E-state index contributed by atoms with van der Waals surface area (Å²) in [6.45, 7) is 2.31. The zero-order valence-corrected chi connectivity index (χ0v) is 9.52. The monoisotopic (exact) mass is 226 g/mol. The number of rotatable bonds is 3. The van der Waals surface area contributed by atoms with Crippen LogP contribution in [0.2, 0.25) is 0 Å². The molecular formula is C14H14N2O. The SMILES string of the molecule is c1ccc2cc(OCC3=NCCN3)ccc2c1. The topological polar surface area (TPSA) is 33.6 Å². The van der Waals surface area contributed by atoms with E-state index in [1.165, 1.54) is 10.8 Å². The van der Waals surface area contributed by atoms with Gasteiger partial charge >= 0.3 is 0 Å². The minimum atomic E-state index is 0.526. The van der Waals surface area contributed by atoms with Crippen molar-refractivity contribution in [2.24, 2.45) is 4.99 Å². The molecule has 17 heavy (non-hydrogen) atoms. The highest BCUT2D eigenvalue weighted by molar-refractivity contribution is 5.86. The Hall–Kier alpha value is -2.03. The predicted octanol–water partition coefficient (Wildman–Crippen LogP) is 2.22. The molecule has 1 N–H and O–H groups in total. The predicted molar refractivity (Wildman–Crippen MR) is 69.7 cm³/mol. The summed E-state index contributed by atoms with van der Waals surface area (Å²) >= 11 is 0. The quantitative estimate of drug-likeness (QED) is 0.870. The Balaban J connectivity index is 1.76. The molecule has 1 heterocycles. The fourth-order valence-corrected chi connectivity index (χ4v) is 1.95. The summed E-state index contributed by atoms with van der Waals surface area (Å²) in [6.07, 6.45) is 0. The lowest BCUT2D eigenvalue weighted by atomic mass is 10.1. The fraction of sp³-hybridized carbons (Fsp3) is 0.214. The largest absolute Gasteiger partial charge is 0.486 e. The lowest BCUT2D eigenvalue weighted by molar-refractivity contribution is 0.374. The van der Waals surface area contributed by atoms with Gasteiger partial charge in [-0.25, -0.2) is 0 Å². The van der Waals surface area contributed by atoms with Gasteiger partial charge in [0.25, 0.3) is 0 Å². The first-order valence-electron chi connectivity index (χ1n) is 5.81. The third kappa shape index (κ3) is 2.23.